The molecule has 1 N–H and O–H groups in total. The van der Waals surface area contributed by atoms with Gasteiger partial charge in [0.05, 0.1) is 19.9 Å². The number of carbonyl (C=O) groups excluding carboxylic acids is 1. The minimum atomic E-state index is -0.725. The quantitative estimate of drug-likeness (QED) is 0.939. The number of ether oxygens (including phenoxy) is 4. The van der Waals surface area contributed by atoms with Crippen molar-refractivity contribution in [3.05, 3.63) is 42.5 Å². The maximum Gasteiger partial charge on any atom is 0.269 e. The smallest absolute Gasteiger partial charge is 0.269 e. The summed E-state index contributed by atoms with van der Waals surface area (Å²) >= 11 is 0. The summed E-state index contributed by atoms with van der Waals surface area (Å²) in [5.41, 5.74) is 0.542. The second-order valence-electron chi connectivity index (χ2n) is 4.92. The molecule has 6 nitrogen and oxygen atoms in total. The van der Waals surface area contributed by atoms with Crippen LogP contribution in [0.15, 0.2) is 42.5 Å². The fourth-order valence-electron chi connectivity index (χ4n) is 2.26. The molecule has 1 amide bonds. The van der Waals surface area contributed by atoms with E-state index in [0.717, 1.165) is 0 Å². The third-order valence-corrected chi connectivity index (χ3v) is 3.47. The first-order chi connectivity index (χ1) is 11.2. The van der Waals surface area contributed by atoms with E-state index in [1.807, 2.05) is 12.1 Å². The van der Waals surface area contributed by atoms with Crippen molar-refractivity contribution in [2.45, 2.75) is 6.10 Å². The lowest BCUT2D eigenvalue weighted by Gasteiger charge is -2.25. The summed E-state index contributed by atoms with van der Waals surface area (Å²) in [7, 11) is 3.10. The van der Waals surface area contributed by atoms with Gasteiger partial charge in [-0.2, -0.15) is 0 Å². The third kappa shape index (κ3) is 3.15. The van der Waals surface area contributed by atoms with Gasteiger partial charge in [0, 0.05) is 6.07 Å². The first-order valence-electron chi connectivity index (χ1n) is 7.12. The maximum atomic E-state index is 12.4. The van der Waals surface area contributed by atoms with Gasteiger partial charge in [-0.3, -0.25) is 4.79 Å². The number of benzene rings is 2. The van der Waals surface area contributed by atoms with Crippen molar-refractivity contribution in [2.75, 3.05) is 26.1 Å². The van der Waals surface area contributed by atoms with Crippen LogP contribution in [0, 0.1) is 0 Å². The van der Waals surface area contributed by atoms with Crippen LogP contribution in [-0.2, 0) is 4.79 Å². The van der Waals surface area contributed by atoms with Crippen molar-refractivity contribution in [1.82, 2.24) is 0 Å². The fourth-order valence-corrected chi connectivity index (χ4v) is 2.26. The predicted molar refractivity (Wildman–Crippen MR) is 84.5 cm³/mol. The highest BCUT2D eigenvalue weighted by Crippen LogP contribution is 2.32. The molecule has 0 unspecified atom stereocenters. The van der Waals surface area contributed by atoms with Crippen LogP contribution >= 0.6 is 0 Å². The van der Waals surface area contributed by atoms with Gasteiger partial charge >= 0.3 is 0 Å². The van der Waals surface area contributed by atoms with Gasteiger partial charge in [0.15, 0.2) is 11.5 Å². The Kier molecular flexibility index (Phi) is 4.23. The van der Waals surface area contributed by atoms with E-state index < -0.39 is 6.10 Å². The standard InChI is InChI=1S/C17H17NO5/c1-20-11-7-8-12(15(9-11)21-2)18-17(19)16-10-22-13-5-3-4-6-14(13)23-16/h3-9,16H,10H2,1-2H3,(H,18,19)/t16-/m0/s1. The molecule has 1 heterocycles. The zero-order valence-corrected chi connectivity index (χ0v) is 12.9. The SMILES string of the molecule is COc1ccc(NC(=O)[C@@H]2COc3ccccc3O2)c(OC)c1. The van der Waals surface area contributed by atoms with E-state index in [-0.39, 0.29) is 12.5 Å². The molecule has 0 saturated carbocycles. The number of anilines is 1. The molecular formula is C17H17NO5. The summed E-state index contributed by atoms with van der Waals surface area (Å²) in [4.78, 5) is 12.4. The van der Waals surface area contributed by atoms with Crippen LogP contribution in [-0.4, -0.2) is 32.8 Å². The van der Waals surface area contributed by atoms with Crippen LogP contribution in [0.1, 0.15) is 0 Å². The van der Waals surface area contributed by atoms with Crippen molar-refractivity contribution in [3.8, 4) is 23.0 Å². The number of methoxy groups -OCH3 is 2. The Labute approximate surface area is 133 Å². The second-order valence-corrected chi connectivity index (χ2v) is 4.92. The molecule has 120 valence electrons. The molecule has 1 aliphatic heterocycles. The minimum Gasteiger partial charge on any atom is -0.497 e. The van der Waals surface area contributed by atoms with E-state index in [1.165, 1.54) is 7.11 Å². The molecule has 2 aromatic rings. The molecule has 0 spiro atoms. The number of carbonyl (C=O) groups is 1. The highest BCUT2D eigenvalue weighted by atomic mass is 16.6. The molecule has 0 saturated heterocycles. The van der Waals surface area contributed by atoms with Gasteiger partial charge in [0.1, 0.15) is 18.1 Å². The van der Waals surface area contributed by atoms with Gasteiger partial charge < -0.3 is 24.3 Å². The number of hydrogen-bond acceptors (Lipinski definition) is 5. The lowest BCUT2D eigenvalue weighted by atomic mass is 10.2. The Bertz CT molecular complexity index is 716. The largest absolute Gasteiger partial charge is 0.497 e. The number of hydrogen-bond donors (Lipinski definition) is 1. The van der Waals surface area contributed by atoms with Crippen molar-refractivity contribution in [3.63, 3.8) is 0 Å². The maximum absolute atomic E-state index is 12.4. The third-order valence-electron chi connectivity index (χ3n) is 3.47. The monoisotopic (exact) mass is 315 g/mol. The number of para-hydroxylation sites is 2. The molecule has 0 fully saturated rings. The van der Waals surface area contributed by atoms with Crippen molar-refractivity contribution < 1.29 is 23.7 Å². The van der Waals surface area contributed by atoms with Crippen LogP contribution < -0.4 is 24.3 Å². The summed E-state index contributed by atoms with van der Waals surface area (Å²) in [6, 6.07) is 12.4. The first-order valence-corrected chi connectivity index (χ1v) is 7.12. The van der Waals surface area contributed by atoms with Gasteiger partial charge in [0.2, 0.25) is 6.10 Å². The van der Waals surface area contributed by atoms with E-state index in [0.29, 0.717) is 28.7 Å². The summed E-state index contributed by atoms with van der Waals surface area (Å²) in [5, 5.41) is 2.79. The normalized spacial score (nSPS) is 15.7. The average Bonchev–Trinajstić information content (AvgIpc) is 2.61. The molecule has 0 aromatic heterocycles. The van der Waals surface area contributed by atoms with E-state index in [4.69, 9.17) is 18.9 Å². The van der Waals surface area contributed by atoms with Crippen LogP contribution in [0.3, 0.4) is 0 Å². The highest BCUT2D eigenvalue weighted by molar-refractivity contribution is 5.96. The van der Waals surface area contributed by atoms with Gasteiger partial charge in [-0.1, -0.05) is 12.1 Å². The van der Waals surface area contributed by atoms with Crippen LogP contribution in [0.5, 0.6) is 23.0 Å². The van der Waals surface area contributed by atoms with E-state index in [9.17, 15) is 4.79 Å². The molecule has 6 heteroatoms. The number of rotatable bonds is 4. The van der Waals surface area contributed by atoms with Gasteiger partial charge in [-0.25, -0.2) is 0 Å². The van der Waals surface area contributed by atoms with E-state index in [1.54, 1.807) is 37.4 Å². The fraction of sp³-hybridized carbons (Fsp3) is 0.235. The van der Waals surface area contributed by atoms with E-state index >= 15 is 0 Å². The summed E-state index contributed by atoms with van der Waals surface area (Å²) < 4.78 is 21.6. The predicted octanol–water partition coefficient (Wildman–Crippen LogP) is 2.48. The topological polar surface area (TPSA) is 66.0 Å². The molecule has 0 radical (unpaired) electrons. The Morgan fingerprint density at radius 2 is 1.91 bits per heavy atom. The van der Waals surface area contributed by atoms with Gasteiger partial charge in [-0.15, -0.1) is 0 Å². The number of nitrogens with one attached hydrogen (secondary N) is 1. The van der Waals surface area contributed by atoms with Crippen molar-refractivity contribution in [1.29, 1.82) is 0 Å². The van der Waals surface area contributed by atoms with Crippen LogP contribution in [0.2, 0.25) is 0 Å². The first kappa shape index (κ1) is 15.0. The zero-order chi connectivity index (χ0) is 16.2. The molecule has 0 bridgehead atoms. The molecule has 1 aliphatic rings. The van der Waals surface area contributed by atoms with E-state index in [2.05, 4.69) is 5.32 Å². The lowest BCUT2D eigenvalue weighted by Crippen LogP contribution is -2.40. The van der Waals surface area contributed by atoms with Crippen molar-refractivity contribution in [2.24, 2.45) is 0 Å². The Morgan fingerprint density at radius 1 is 1.13 bits per heavy atom. The van der Waals surface area contributed by atoms with Crippen LogP contribution in [0.25, 0.3) is 0 Å². The Hall–Kier alpha value is -2.89. The summed E-state index contributed by atoms with van der Waals surface area (Å²) in [6.07, 6.45) is -0.725. The number of amides is 1. The summed E-state index contributed by atoms with van der Waals surface area (Å²) in [6.45, 7) is 0.154. The average molecular weight is 315 g/mol. The number of fused-ring (bicyclic) bond motifs is 1. The minimum absolute atomic E-state index is 0.154. The van der Waals surface area contributed by atoms with Gasteiger partial charge in [0.25, 0.3) is 5.91 Å². The molecule has 3 rings (SSSR count). The molecular weight excluding hydrogens is 298 g/mol. The summed E-state index contributed by atoms with van der Waals surface area (Å²) in [5.74, 6) is 2.04. The molecule has 23 heavy (non-hydrogen) atoms. The molecule has 1 atom stereocenters. The van der Waals surface area contributed by atoms with Gasteiger partial charge in [-0.05, 0) is 24.3 Å². The Balaban J connectivity index is 1.73. The molecule has 2 aromatic carbocycles. The van der Waals surface area contributed by atoms with Crippen molar-refractivity contribution >= 4 is 11.6 Å². The zero-order valence-electron chi connectivity index (χ0n) is 12.9. The van der Waals surface area contributed by atoms with Crippen LogP contribution in [0.4, 0.5) is 5.69 Å². The second kappa shape index (κ2) is 6.48. The highest BCUT2D eigenvalue weighted by Gasteiger charge is 2.27. The lowest BCUT2D eigenvalue weighted by molar-refractivity contribution is -0.125. The molecule has 0 aliphatic carbocycles. The Morgan fingerprint density at radius 3 is 2.65 bits per heavy atom.